The Morgan fingerprint density at radius 3 is 2.62 bits per heavy atom. The first kappa shape index (κ1) is 13.2. The number of carboxylic acids is 1. The second-order valence-electron chi connectivity index (χ2n) is 4.42. The van der Waals surface area contributed by atoms with Gasteiger partial charge in [-0.25, -0.2) is 4.79 Å². The van der Waals surface area contributed by atoms with Gasteiger partial charge < -0.3 is 10.1 Å². The molecule has 0 unspecified atom stereocenters. The van der Waals surface area contributed by atoms with E-state index in [4.69, 9.17) is 5.11 Å². The zero-order chi connectivity index (χ0) is 15.2. The molecule has 0 radical (unpaired) electrons. The Bertz CT molecular complexity index is 833. The summed E-state index contributed by atoms with van der Waals surface area (Å²) >= 11 is 0. The number of hydrogen-bond donors (Lipinski definition) is 3. The first-order chi connectivity index (χ1) is 9.86. The number of hydrogen-bond acceptors (Lipinski definition) is 2. The van der Waals surface area contributed by atoms with Gasteiger partial charge in [-0.15, -0.1) is 0 Å². The lowest BCUT2D eigenvalue weighted by atomic mass is 10.1. The number of rotatable bonds is 2. The molecule has 0 fully saturated rings. The van der Waals surface area contributed by atoms with Gasteiger partial charge in [0.15, 0.2) is 0 Å². The molecular formula is C13H8F3N3O2. The van der Waals surface area contributed by atoms with E-state index < -0.39 is 17.8 Å². The molecule has 2 heterocycles. The Balaban J connectivity index is 2.18. The van der Waals surface area contributed by atoms with Crippen molar-refractivity contribution >= 4 is 16.9 Å². The summed E-state index contributed by atoms with van der Waals surface area (Å²) in [5, 5.41) is 15.3. The van der Waals surface area contributed by atoms with Crippen LogP contribution in [0.4, 0.5) is 13.2 Å². The minimum Gasteiger partial charge on any atom is -0.477 e. The first-order valence-corrected chi connectivity index (χ1v) is 5.84. The van der Waals surface area contributed by atoms with Crippen LogP contribution in [0.25, 0.3) is 22.2 Å². The van der Waals surface area contributed by atoms with Crippen LogP contribution in [0, 0.1) is 0 Å². The third-order valence-corrected chi connectivity index (χ3v) is 3.05. The summed E-state index contributed by atoms with van der Waals surface area (Å²) in [5.41, 5.74) is 0.000881. The van der Waals surface area contributed by atoms with Gasteiger partial charge in [-0.05, 0) is 18.2 Å². The van der Waals surface area contributed by atoms with Crippen molar-refractivity contribution < 1.29 is 23.1 Å². The maximum atomic E-state index is 12.7. The number of aromatic amines is 2. The number of H-pyrrole nitrogens is 2. The van der Waals surface area contributed by atoms with Crippen molar-refractivity contribution in [3.05, 3.63) is 41.7 Å². The van der Waals surface area contributed by atoms with Crippen LogP contribution in [-0.4, -0.2) is 26.3 Å². The lowest BCUT2D eigenvalue weighted by Gasteiger charge is -2.00. The number of aromatic carboxylic acids is 1. The molecule has 0 aliphatic carbocycles. The summed E-state index contributed by atoms with van der Waals surface area (Å²) in [6, 6.07) is 6.93. The highest BCUT2D eigenvalue weighted by Gasteiger charge is 2.32. The van der Waals surface area contributed by atoms with Crippen LogP contribution in [0.5, 0.6) is 0 Å². The molecule has 0 saturated carbocycles. The average molecular weight is 295 g/mol. The Labute approximate surface area is 115 Å². The lowest BCUT2D eigenvalue weighted by Crippen LogP contribution is -2.04. The normalized spacial score (nSPS) is 12.0. The fourth-order valence-corrected chi connectivity index (χ4v) is 2.10. The van der Waals surface area contributed by atoms with Crippen molar-refractivity contribution in [1.29, 1.82) is 0 Å². The van der Waals surface area contributed by atoms with Crippen LogP contribution >= 0.6 is 0 Å². The van der Waals surface area contributed by atoms with E-state index in [0.29, 0.717) is 16.5 Å². The number of halogens is 3. The quantitative estimate of drug-likeness (QED) is 0.678. The van der Waals surface area contributed by atoms with E-state index >= 15 is 0 Å². The number of benzene rings is 1. The molecule has 0 spiro atoms. The molecule has 108 valence electrons. The largest absolute Gasteiger partial charge is 0.477 e. The van der Waals surface area contributed by atoms with Crippen molar-refractivity contribution in [2.45, 2.75) is 6.18 Å². The number of carbonyl (C=O) groups is 1. The Kier molecular flexibility index (Phi) is 2.75. The second-order valence-corrected chi connectivity index (χ2v) is 4.42. The van der Waals surface area contributed by atoms with Crippen molar-refractivity contribution in [2.75, 3.05) is 0 Å². The predicted octanol–water partition coefficient (Wildman–Crippen LogP) is 3.28. The zero-order valence-electron chi connectivity index (χ0n) is 10.3. The van der Waals surface area contributed by atoms with Gasteiger partial charge in [-0.2, -0.15) is 18.3 Å². The van der Waals surface area contributed by atoms with Crippen molar-refractivity contribution in [1.82, 2.24) is 15.2 Å². The molecule has 1 aromatic carbocycles. The third kappa shape index (κ3) is 2.24. The smallest absolute Gasteiger partial charge is 0.431 e. The van der Waals surface area contributed by atoms with Gasteiger partial charge in [0.25, 0.3) is 0 Å². The molecule has 0 amide bonds. The molecule has 2 aromatic heterocycles. The van der Waals surface area contributed by atoms with Gasteiger partial charge >= 0.3 is 12.1 Å². The molecule has 0 atom stereocenters. The Hall–Kier alpha value is -2.77. The number of fused-ring (bicyclic) bond motifs is 1. The van der Waals surface area contributed by atoms with Crippen LogP contribution in [0.15, 0.2) is 30.3 Å². The van der Waals surface area contributed by atoms with Gasteiger partial charge in [0.05, 0.1) is 5.69 Å². The van der Waals surface area contributed by atoms with Crippen molar-refractivity contribution in [3.63, 3.8) is 0 Å². The van der Waals surface area contributed by atoms with E-state index in [1.165, 1.54) is 12.1 Å². The number of nitrogens with one attached hydrogen (secondary N) is 2. The molecule has 0 bridgehead atoms. The molecule has 3 N–H and O–H groups in total. The molecule has 3 aromatic rings. The van der Waals surface area contributed by atoms with E-state index in [0.717, 1.165) is 6.07 Å². The summed E-state index contributed by atoms with van der Waals surface area (Å²) in [6.07, 6.45) is -4.48. The van der Waals surface area contributed by atoms with Gasteiger partial charge in [-0.1, -0.05) is 12.1 Å². The van der Waals surface area contributed by atoms with E-state index in [2.05, 4.69) is 15.2 Å². The highest BCUT2D eigenvalue weighted by molar-refractivity contribution is 5.96. The van der Waals surface area contributed by atoms with E-state index in [-0.39, 0.29) is 11.4 Å². The van der Waals surface area contributed by atoms with E-state index in [1.54, 1.807) is 12.1 Å². The van der Waals surface area contributed by atoms with Gasteiger partial charge in [-0.3, -0.25) is 5.10 Å². The first-order valence-electron chi connectivity index (χ1n) is 5.84. The topological polar surface area (TPSA) is 81.8 Å². The minimum absolute atomic E-state index is 0.131. The third-order valence-electron chi connectivity index (χ3n) is 3.05. The molecule has 5 nitrogen and oxygen atoms in total. The predicted molar refractivity (Wildman–Crippen MR) is 67.8 cm³/mol. The van der Waals surface area contributed by atoms with E-state index in [1.807, 2.05) is 0 Å². The van der Waals surface area contributed by atoms with Gasteiger partial charge in [0.1, 0.15) is 11.4 Å². The maximum Gasteiger partial charge on any atom is 0.431 e. The average Bonchev–Trinajstić information content (AvgIpc) is 3.04. The summed E-state index contributed by atoms with van der Waals surface area (Å²) in [4.78, 5) is 13.1. The SMILES string of the molecule is O=C(O)c1cc(-c2cccc3[nH]c(C(F)(F)F)cc23)n[nH]1. The van der Waals surface area contributed by atoms with Gasteiger partial charge in [0, 0.05) is 16.5 Å². The summed E-state index contributed by atoms with van der Waals surface area (Å²) in [5.74, 6) is -1.19. The summed E-state index contributed by atoms with van der Waals surface area (Å²) < 4.78 is 38.2. The number of nitrogens with zero attached hydrogens (tertiary/aromatic N) is 1. The monoisotopic (exact) mass is 295 g/mol. The number of carboxylic acid groups (broad SMARTS) is 1. The van der Waals surface area contributed by atoms with Crippen LogP contribution in [0.2, 0.25) is 0 Å². The van der Waals surface area contributed by atoms with Crippen LogP contribution in [-0.2, 0) is 6.18 Å². The molecule has 0 saturated heterocycles. The number of alkyl halides is 3. The van der Waals surface area contributed by atoms with Gasteiger partial charge in [0.2, 0.25) is 0 Å². The highest BCUT2D eigenvalue weighted by atomic mass is 19.4. The fourth-order valence-electron chi connectivity index (χ4n) is 2.10. The summed E-state index contributed by atoms with van der Waals surface area (Å²) in [6.45, 7) is 0. The van der Waals surface area contributed by atoms with Crippen LogP contribution in [0.3, 0.4) is 0 Å². The second kappa shape index (κ2) is 4.37. The van der Waals surface area contributed by atoms with Crippen molar-refractivity contribution in [2.24, 2.45) is 0 Å². The molecule has 8 heteroatoms. The van der Waals surface area contributed by atoms with Crippen LogP contribution in [0.1, 0.15) is 16.2 Å². The standard InChI is InChI=1S/C13H8F3N3O2/c14-13(15,16)11-4-7-6(2-1-3-8(7)17-11)9-5-10(12(20)21)19-18-9/h1-5,17H,(H,18,19)(H,20,21). The zero-order valence-corrected chi connectivity index (χ0v) is 10.3. The fraction of sp³-hybridized carbons (Fsp3) is 0.0769. The molecule has 21 heavy (non-hydrogen) atoms. The summed E-state index contributed by atoms with van der Waals surface area (Å²) in [7, 11) is 0. The van der Waals surface area contributed by atoms with Crippen LogP contribution < -0.4 is 0 Å². The molecule has 0 aliphatic rings. The Morgan fingerprint density at radius 2 is 2.00 bits per heavy atom. The van der Waals surface area contributed by atoms with Crippen molar-refractivity contribution in [3.8, 4) is 11.3 Å². The highest BCUT2D eigenvalue weighted by Crippen LogP contribution is 2.34. The Morgan fingerprint density at radius 1 is 1.24 bits per heavy atom. The molecular weight excluding hydrogens is 287 g/mol. The molecule has 0 aliphatic heterocycles. The van der Waals surface area contributed by atoms with E-state index in [9.17, 15) is 18.0 Å². The minimum atomic E-state index is -4.48. The number of aromatic nitrogens is 3. The molecule has 3 rings (SSSR count). The maximum absolute atomic E-state index is 12.7. The lowest BCUT2D eigenvalue weighted by molar-refractivity contribution is -0.140.